The number of aryl methyl sites for hydroxylation is 1. The molecule has 7 nitrogen and oxygen atoms in total. The van der Waals surface area contributed by atoms with Crippen LogP contribution in [0.4, 0.5) is 0 Å². The van der Waals surface area contributed by atoms with Crippen LogP contribution >= 0.6 is 0 Å². The topological polar surface area (TPSA) is 87.9 Å². The summed E-state index contributed by atoms with van der Waals surface area (Å²) in [7, 11) is 0. The van der Waals surface area contributed by atoms with E-state index in [1.807, 2.05) is 11.0 Å². The van der Waals surface area contributed by atoms with Crippen molar-refractivity contribution >= 4 is 5.91 Å². The van der Waals surface area contributed by atoms with E-state index in [1.54, 1.807) is 6.92 Å². The number of nitrogens with one attached hydrogen (secondary N) is 1. The van der Waals surface area contributed by atoms with Gasteiger partial charge >= 0.3 is 0 Å². The van der Waals surface area contributed by atoms with Gasteiger partial charge in [-0.25, -0.2) is 0 Å². The number of piperidine rings is 1. The van der Waals surface area contributed by atoms with Crippen LogP contribution < -0.4 is 0 Å². The molecule has 1 atom stereocenters. The maximum atomic E-state index is 12.6. The smallest absolute Gasteiger partial charge is 0.274 e. The van der Waals surface area contributed by atoms with Crippen LogP contribution in [0.3, 0.4) is 0 Å². The zero-order valence-corrected chi connectivity index (χ0v) is 12.6. The van der Waals surface area contributed by atoms with Crippen LogP contribution in [0.1, 0.15) is 65.4 Å². The van der Waals surface area contributed by atoms with Crippen molar-refractivity contribution in [2.24, 2.45) is 0 Å². The van der Waals surface area contributed by atoms with Gasteiger partial charge < -0.3 is 9.42 Å². The lowest BCUT2D eigenvalue weighted by atomic mass is 9.97. The van der Waals surface area contributed by atoms with Crippen molar-refractivity contribution in [3.05, 3.63) is 29.2 Å². The van der Waals surface area contributed by atoms with Gasteiger partial charge in [-0.3, -0.25) is 9.89 Å². The molecule has 0 radical (unpaired) electrons. The molecule has 116 valence electrons. The minimum atomic E-state index is -0.00642. The molecule has 0 aromatic carbocycles. The highest BCUT2D eigenvalue weighted by molar-refractivity contribution is 5.92. The summed E-state index contributed by atoms with van der Waals surface area (Å²) >= 11 is 0. The minimum absolute atomic E-state index is 0.00642. The predicted octanol–water partition coefficient (Wildman–Crippen LogP) is 2.00. The van der Waals surface area contributed by atoms with E-state index in [4.69, 9.17) is 4.52 Å². The van der Waals surface area contributed by atoms with Gasteiger partial charge in [0.25, 0.3) is 5.91 Å². The van der Waals surface area contributed by atoms with Gasteiger partial charge in [-0.2, -0.15) is 10.1 Å². The Bertz CT molecular complexity index is 688. The second kappa shape index (κ2) is 5.23. The summed E-state index contributed by atoms with van der Waals surface area (Å²) in [6.45, 7) is 3.17. The zero-order valence-electron chi connectivity index (χ0n) is 12.6. The van der Waals surface area contributed by atoms with Crippen LogP contribution in [0, 0.1) is 6.92 Å². The summed E-state index contributed by atoms with van der Waals surface area (Å²) in [6, 6.07) is 1.90. The summed E-state index contributed by atoms with van der Waals surface area (Å²) in [5.41, 5.74) is 1.61. The molecule has 4 rings (SSSR count). The van der Waals surface area contributed by atoms with Crippen LogP contribution in [0.5, 0.6) is 0 Å². The number of carbonyl (C=O) groups is 1. The van der Waals surface area contributed by atoms with E-state index in [9.17, 15) is 4.79 Å². The van der Waals surface area contributed by atoms with E-state index in [-0.39, 0.29) is 11.8 Å². The molecule has 7 heteroatoms. The van der Waals surface area contributed by atoms with Crippen LogP contribution in [0.15, 0.2) is 10.6 Å². The Morgan fingerprint density at radius 2 is 2.23 bits per heavy atom. The predicted molar refractivity (Wildman–Crippen MR) is 77.5 cm³/mol. The Hall–Kier alpha value is -2.18. The van der Waals surface area contributed by atoms with Gasteiger partial charge in [0.2, 0.25) is 5.89 Å². The summed E-state index contributed by atoms with van der Waals surface area (Å²) < 4.78 is 5.05. The van der Waals surface area contributed by atoms with E-state index >= 15 is 0 Å². The standard InChI is InChI=1S/C15H19N5O2/c1-9-16-14(19-22-9)11-3-2-6-20(8-11)15(21)13-7-12(17-18-13)10-4-5-10/h7,10-11H,2-6,8H2,1H3,(H,17,18)/t11-/m1/s1. The number of nitrogens with zero attached hydrogens (tertiary/aromatic N) is 4. The first kappa shape index (κ1) is 13.5. The van der Waals surface area contributed by atoms with E-state index in [2.05, 4.69) is 20.3 Å². The van der Waals surface area contributed by atoms with E-state index < -0.39 is 0 Å². The van der Waals surface area contributed by atoms with Crippen molar-refractivity contribution in [3.63, 3.8) is 0 Å². The first-order valence-electron chi connectivity index (χ1n) is 7.85. The highest BCUT2D eigenvalue weighted by Crippen LogP contribution is 2.39. The number of rotatable bonds is 3. The molecule has 0 unspecified atom stereocenters. The lowest BCUT2D eigenvalue weighted by molar-refractivity contribution is 0.0697. The maximum Gasteiger partial charge on any atom is 0.274 e. The monoisotopic (exact) mass is 301 g/mol. The van der Waals surface area contributed by atoms with Crippen LogP contribution in [-0.2, 0) is 0 Å². The molecule has 1 aliphatic heterocycles. The number of aromatic nitrogens is 4. The number of hydrogen-bond donors (Lipinski definition) is 1. The maximum absolute atomic E-state index is 12.6. The van der Waals surface area contributed by atoms with E-state index in [0.29, 0.717) is 29.9 Å². The van der Waals surface area contributed by atoms with Gasteiger partial charge in [0, 0.05) is 37.5 Å². The van der Waals surface area contributed by atoms with E-state index in [1.165, 1.54) is 12.8 Å². The Labute approximate surface area is 128 Å². The first-order chi connectivity index (χ1) is 10.7. The molecule has 1 saturated heterocycles. The van der Waals surface area contributed by atoms with Crippen LogP contribution in [-0.4, -0.2) is 44.2 Å². The SMILES string of the molecule is Cc1nc([C@@H]2CCCN(C(=O)c3cc(C4CC4)[nH]n3)C2)no1. The molecule has 2 aromatic rings. The molecular weight excluding hydrogens is 282 g/mol. The molecule has 22 heavy (non-hydrogen) atoms. The molecule has 0 spiro atoms. The Morgan fingerprint density at radius 3 is 2.95 bits per heavy atom. The molecule has 2 aromatic heterocycles. The molecule has 1 amide bonds. The largest absolute Gasteiger partial charge is 0.340 e. The number of hydrogen-bond acceptors (Lipinski definition) is 5. The van der Waals surface area contributed by atoms with Gasteiger partial charge in [-0.15, -0.1) is 0 Å². The zero-order chi connectivity index (χ0) is 15.1. The van der Waals surface area contributed by atoms with Crippen molar-refractivity contribution in [2.45, 2.75) is 44.4 Å². The number of likely N-dealkylation sites (tertiary alicyclic amines) is 1. The molecule has 3 heterocycles. The molecule has 2 fully saturated rings. The number of H-pyrrole nitrogens is 1. The van der Waals surface area contributed by atoms with Crippen molar-refractivity contribution in [1.82, 2.24) is 25.2 Å². The molecule has 1 aliphatic carbocycles. The average molecular weight is 301 g/mol. The highest BCUT2D eigenvalue weighted by atomic mass is 16.5. The second-order valence-electron chi connectivity index (χ2n) is 6.24. The molecular formula is C15H19N5O2. The lowest BCUT2D eigenvalue weighted by Gasteiger charge is -2.30. The van der Waals surface area contributed by atoms with E-state index in [0.717, 1.165) is 25.1 Å². The molecule has 1 saturated carbocycles. The summed E-state index contributed by atoms with van der Waals surface area (Å²) in [5.74, 6) is 1.99. The fourth-order valence-corrected chi connectivity index (χ4v) is 3.06. The van der Waals surface area contributed by atoms with Gasteiger partial charge in [-0.05, 0) is 31.7 Å². The Kier molecular flexibility index (Phi) is 3.20. The molecule has 2 aliphatic rings. The van der Waals surface area contributed by atoms with Crippen LogP contribution in [0.25, 0.3) is 0 Å². The number of aromatic amines is 1. The van der Waals surface area contributed by atoms with Gasteiger partial charge in [0.1, 0.15) is 5.69 Å². The normalized spacial score (nSPS) is 22.0. The lowest BCUT2D eigenvalue weighted by Crippen LogP contribution is -2.39. The van der Waals surface area contributed by atoms with Crippen LogP contribution in [0.2, 0.25) is 0 Å². The first-order valence-corrected chi connectivity index (χ1v) is 7.85. The number of amides is 1. The van der Waals surface area contributed by atoms with Crippen molar-refractivity contribution in [2.75, 3.05) is 13.1 Å². The molecule has 1 N–H and O–H groups in total. The summed E-state index contributed by atoms with van der Waals surface area (Å²) in [6.07, 6.45) is 4.32. The third kappa shape index (κ3) is 2.51. The Morgan fingerprint density at radius 1 is 1.36 bits per heavy atom. The summed E-state index contributed by atoms with van der Waals surface area (Å²) in [5, 5.41) is 11.2. The number of carbonyl (C=O) groups excluding carboxylic acids is 1. The highest BCUT2D eigenvalue weighted by Gasteiger charge is 2.31. The molecule has 0 bridgehead atoms. The van der Waals surface area contributed by atoms with Crippen molar-refractivity contribution in [1.29, 1.82) is 0 Å². The quantitative estimate of drug-likeness (QED) is 0.936. The van der Waals surface area contributed by atoms with Gasteiger partial charge in [0.05, 0.1) is 0 Å². The average Bonchev–Trinajstić information content (AvgIpc) is 3.10. The second-order valence-corrected chi connectivity index (χ2v) is 6.24. The summed E-state index contributed by atoms with van der Waals surface area (Å²) in [4.78, 5) is 18.8. The fourth-order valence-electron chi connectivity index (χ4n) is 3.06. The van der Waals surface area contributed by atoms with Crippen molar-refractivity contribution in [3.8, 4) is 0 Å². The third-order valence-corrected chi connectivity index (χ3v) is 4.45. The van der Waals surface area contributed by atoms with Gasteiger partial charge in [-0.1, -0.05) is 5.16 Å². The van der Waals surface area contributed by atoms with Gasteiger partial charge in [0.15, 0.2) is 5.82 Å². The minimum Gasteiger partial charge on any atom is -0.340 e. The fraction of sp³-hybridized carbons (Fsp3) is 0.600. The van der Waals surface area contributed by atoms with Crippen molar-refractivity contribution < 1.29 is 9.32 Å². The Balaban J connectivity index is 1.47. The third-order valence-electron chi connectivity index (χ3n) is 4.45.